The molecule has 5 heteroatoms. The van der Waals surface area contributed by atoms with Crippen molar-refractivity contribution in [2.75, 3.05) is 18.0 Å². The van der Waals surface area contributed by atoms with Gasteiger partial charge in [0.05, 0.1) is 5.56 Å². The molecule has 19 heavy (non-hydrogen) atoms. The van der Waals surface area contributed by atoms with Crippen molar-refractivity contribution in [2.45, 2.75) is 19.5 Å². The van der Waals surface area contributed by atoms with E-state index in [0.717, 1.165) is 18.1 Å². The van der Waals surface area contributed by atoms with Crippen LogP contribution in [0.2, 0.25) is 0 Å². The van der Waals surface area contributed by atoms with Crippen molar-refractivity contribution in [3.63, 3.8) is 0 Å². The number of hydrogen-bond donors (Lipinski definition) is 0. The van der Waals surface area contributed by atoms with Crippen LogP contribution in [0.5, 0.6) is 0 Å². The molecule has 0 bridgehead atoms. The van der Waals surface area contributed by atoms with E-state index < -0.39 is 11.7 Å². The van der Waals surface area contributed by atoms with E-state index in [-0.39, 0.29) is 11.3 Å². The molecule has 0 amide bonds. The van der Waals surface area contributed by atoms with Gasteiger partial charge in [0.25, 0.3) is 0 Å². The average Bonchev–Trinajstić information content (AvgIpc) is 2.37. The van der Waals surface area contributed by atoms with Crippen LogP contribution in [-0.2, 0) is 6.18 Å². The summed E-state index contributed by atoms with van der Waals surface area (Å²) in [6.45, 7) is 2.95. The molecule has 1 aromatic carbocycles. The Kier molecular flexibility index (Phi) is 3.64. The van der Waals surface area contributed by atoms with Crippen molar-refractivity contribution in [1.82, 2.24) is 0 Å². The molecule has 1 aliphatic rings. The van der Waals surface area contributed by atoms with Crippen LogP contribution in [-0.4, -0.2) is 19.4 Å². The molecule has 0 unspecified atom stereocenters. The first kappa shape index (κ1) is 13.6. The van der Waals surface area contributed by atoms with E-state index in [4.69, 9.17) is 0 Å². The van der Waals surface area contributed by atoms with E-state index in [2.05, 4.69) is 0 Å². The number of nitrogens with zero attached hydrogens (tertiary/aromatic N) is 1. The second-order valence-electron chi connectivity index (χ2n) is 4.65. The lowest BCUT2D eigenvalue weighted by molar-refractivity contribution is -0.137. The summed E-state index contributed by atoms with van der Waals surface area (Å²) in [6, 6.07) is 3.71. The summed E-state index contributed by atoms with van der Waals surface area (Å²) in [5.41, 5.74) is 0.497. The molecule has 2 nitrogen and oxygen atoms in total. The number of carbonyl (C=O) groups is 1. The molecular formula is C14H14F3NO. The van der Waals surface area contributed by atoms with Gasteiger partial charge in [-0.3, -0.25) is 4.79 Å². The summed E-state index contributed by atoms with van der Waals surface area (Å²) in [7, 11) is 0. The largest absolute Gasteiger partial charge is 0.418 e. The van der Waals surface area contributed by atoms with Crippen molar-refractivity contribution < 1.29 is 18.0 Å². The molecule has 1 heterocycles. The minimum Gasteiger partial charge on any atom is -0.367 e. The van der Waals surface area contributed by atoms with Gasteiger partial charge in [0.1, 0.15) is 6.29 Å². The minimum absolute atomic E-state index is 0.0420. The van der Waals surface area contributed by atoms with E-state index >= 15 is 0 Å². The van der Waals surface area contributed by atoms with Crippen molar-refractivity contribution in [1.29, 1.82) is 0 Å². The fourth-order valence-electron chi connectivity index (χ4n) is 2.25. The fourth-order valence-corrected chi connectivity index (χ4v) is 2.25. The highest BCUT2D eigenvalue weighted by Gasteiger charge is 2.35. The van der Waals surface area contributed by atoms with Gasteiger partial charge < -0.3 is 4.90 Å². The van der Waals surface area contributed by atoms with Gasteiger partial charge in [-0.25, -0.2) is 0 Å². The van der Waals surface area contributed by atoms with Gasteiger partial charge >= 0.3 is 6.18 Å². The van der Waals surface area contributed by atoms with Crippen LogP contribution in [0.25, 0.3) is 0 Å². The van der Waals surface area contributed by atoms with Crippen molar-refractivity contribution in [2.24, 2.45) is 0 Å². The lowest BCUT2D eigenvalue weighted by atomic mass is 10.0. The Morgan fingerprint density at radius 3 is 2.63 bits per heavy atom. The molecular weight excluding hydrogens is 255 g/mol. The van der Waals surface area contributed by atoms with Gasteiger partial charge in [-0.15, -0.1) is 0 Å². The van der Waals surface area contributed by atoms with Crippen LogP contribution in [0.15, 0.2) is 29.8 Å². The molecule has 0 atom stereocenters. The SMILES string of the molecule is CC1=CCCN(c2ccc(C=O)cc2C(F)(F)F)C1. The first-order valence-corrected chi connectivity index (χ1v) is 5.99. The zero-order chi connectivity index (χ0) is 14.0. The molecule has 0 radical (unpaired) electrons. The molecule has 0 saturated heterocycles. The third-order valence-corrected chi connectivity index (χ3v) is 3.13. The summed E-state index contributed by atoms with van der Waals surface area (Å²) >= 11 is 0. The number of anilines is 1. The Morgan fingerprint density at radius 1 is 1.32 bits per heavy atom. The third-order valence-electron chi connectivity index (χ3n) is 3.13. The Balaban J connectivity index is 2.45. The summed E-state index contributed by atoms with van der Waals surface area (Å²) in [5, 5.41) is 0. The van der Waals surface area contributed by atoms with Crippen LogP contribution >= 0.6 is 0 Å². The predicted molar refractivity (Wildman–Crippen MR) is 67.4 cm³/mol. The van der Waals surface area contributed by atoms with Gasteiger partial charge in [0.2, 0.25) is 0 Å². The Hall–Kier alpha value is -1.78. The maximum absolute atomic E-state index is 13.1. The molecule has 1 aliphatic heterocycles. The molecule has 0 saturated carbocycles. The standard InChI is InChI=1S/C14H14F3NO/c1-10-3-2-6-18(8-10)13-5-4-11(9-19)7-12(13)14(15,16)17/h3-5,7,9H,2,6,8H2,1H3. The highest BCUT2D eigenvalue weighted by molar-refractivity contribution is 5.77. The monoisotopic (exact) mass is 269 g/mol. The topological polar surface area (TPSA) is 20.3 Å². The molecule has 0 fully saturated rings. The summed E-state index contributed by atoms with van der Waals surface area (Å²) in [5.74, 6) is 0. The normalized spacial score (nSPS) is 16.2. The van der Waals surface area contributed by atoms with Crippen LogP contribution in [0.1, 0.15) is 29.3 Å². The van der Waals surface area contributed by atoms with Crippen molar-refractivity contribution in [3.05, 3.63) is 41.0 Å². The Bertz CT molecular complexity index is 520. The number of rotatable bonds is 2. The molecule has 2 rings (SSSR count). The van der Waals surface area contributed by atoms with E-state index in [1.807, 2.05) is 13.0 Å². The zero-order valence-electron chi connectivity index (χ0n) is 10.5. The molecule has 102 valence electrons. The van der Waals surface area contributed by atoms with Crippen LogP contribution in [0, 0.1) is 0 Å². The first-order chi connectivity index (χ1) is 8.91. The number of aldehydes is 1. The maximum Gasteiger partial charge on any atom is 0.418 e. The summed E-state index contributed by atoms with van der Waals surface area (Å²) < 4.78 is 39.2. The van der Waals surface area contributed by atoms with Gasteiger partial charge in [-0.1, -0.05) is 11.6 Å². The maximum atomic E-state index is 13.1. The first-order valence-electron chi connectivity index (χ1n) is 5.99. The summed E-state index contributed by atoms with van der Waals surface area (Å²) in [6.07, 6.45) is -1.26. The molecule has 0 spiro atoms. The smallest absolute Gasteiger partial charge is 0.367 e. The number of benzene rings is 1. The molecule has 0 aliphatic carbocycles. The molecule has 0 N–H and O–H groups in total. The van der Waals surface area contributed by atoms with Gasteiger partial charge in [-0.2, -0.15) is 13.2 Å². The highest BCUT2D eigenvalue weighted by Crippen LogP contribution is 2.37. The van der Waals surface area contributed by atoms with E-state index in [1.54, 1.807) is 4.90 Å². The predicted octanol–water partition coefficient (Wildman–Crippen LogP) is 3.67. The Labute approximate surface area is 109 Å². The second kappa shape index (κ2) is 5.07. The quantitative estimate of drug-likeness (QED) is 0.603. The lowest BCUT2D eigenvalue weighted by Gasteiger charge is -2.30. The van der Waals surface area contributed by atoms with Crippen LogP contribution in [0.4, 0.5) is 18.9 Å². The Morgan fingerprint density at radius 2 is 2.05 bits per heavy atom. The lowest BCUT2D eigenvalue weighted by Crippen LogP contribution is -2.31. The number of halogens is 3. The fraction of sp³-hybridized carbons (Fsp3) is 0.357. The van der Waals surface area contributed by atoms with Crippen LogP contribution in [0.3, 0.4) is 0 Å². The summed E-state index contributed by atoms with van der Waals surface area (Å²) in [4.78, 5) is 12.3. The zero-order valence-corrected chi connectivity index (χ0v) is 10.5. The van der Waals surface area contributed by atoms with E-state index in [0.29, 0.717) is 19.4 Å². The highest BCUT2D eigenvalue weighted by atomic mass is 19.4. The number of carbonyl (C=O) groups excluding carboxylic acids is 1. The van der Waals surface area contributed by atoms with Gasteiger partial charge in [0.15, 0.2) is 0 Å². The minimum atomic E-state index is -4.45. The number of hydrogen-bond acceptors (Lipinski definition) is 2. The van der Waals surface area contributed by atoms with Crippen molar-refractivity contribution in [3.8, 4) is 0 Å². The average molecular weight is 269 g/mol. The second-order valence-corrected chi connectivity index (χ2v) is 4.65. The van der Waals surface area contributed by atoms with Gasteiger partial charge in [0, 0.05) is 24.3 Å². The number of alkyl halides is 3. The van der Waals surface area contributed by atoms with E-state index in [9.17, 15) is 18.0 Å². The molecule has 0 aromatic heterocycles. The van der Waals surface area contributed by atoms with Crippen LogP contribution < -0.4 is 4.90 Å². The molecule has 1 aromatic rings. The van der Waals surface area contributed by atoms with E-state index in [1.165, 1.54) is 12.1 Å². The van der Waals surface area contributed by atoms with Crippen molar-refractivity contribution >= 4 is 12.0 Å². The third kappa shape index (κ3) is 2.97. The van der Waals surface area contributed by atoms with Gasteiger partial charge in [-0.05, 0) is 31.5 Å².